The fraction of sp³-hybridized carbons (Fsp3) is 0.833. The van der Waals surface area contributed by atoms with Gasteiger partial charge in [0, 0.05) is 0 Å². The second-order valence-corrected chi connectivity index (χ2v) is 2.24. The van der Waals surface area contributed by atoms with E-state index in [0.29, 0.717) is 6.42 Å². The summed E-state index contributed by atoms with van der Waals surface area (Å²) in [5.74, 6) is 0. The average molecular weight is 115 g/mol. The summed E-state index contributed by atoms with van der Waals surface area (Å²) >= 11 is 0. The van der Waals surface area contributed by atoms with Crippen molar-refractivity contribution in [2.45, 2.75) is 31.5 Å². The Morgan fingerprint density at radius 2 is 2.00 bits per heavy atom. The van der Waals surface area contributed by atoms with Crippen LogP contribution in [0.25, 0.3) is 0 Å². The second-order valence-electron chi connectivity index (χ2n) is 2.24. The van der Waals surface area contributed by atoms with E-state index in [0.717, 1.165) is 12.8 Å². The maximum atomic E-state index is 8.91. The third kappa shape index (κ3) is 1.20. The lowest BCUT2D eigenvalue weighted by Gasteiger charge is -2.21. The van der Waals surface area contributed by atoms with E-state index in [9.17, 15) is 0 Å². The standard InChI is InChI=1S/C6H11O2/c7-5-3-1-2-4-6(5)8/h1,5-8H,2-4H2. The van der Waals surface area contributed by atoms with Gasteiger partial charge in [-0.15, -0.1) is 0 Å². The Bertz CT molecular complexity index is 62.9. The van der Waals surface area contributed by atoms with Crippen LogP contribution in [0.2, 0.25) is 0 Å². The van der Waals surface area contributed by atoms with Crippen LogP contribution in [-0.2, 0) is 0 Å². The Balaban J connectivity index is 2.28. The Labute approximate surface area is 49.1 Å². The van der Waals surface area contributed by atoms with Crippen molar-refractivity contribution in [3.05, 3.63) is 6.42 Å². The maximum Gasteiger partial charge on any atom is 0.0801 e. The average Bonchev–Trinajstić information content (AvgIpc) is 1.77. The smallest absolute Gasteiger partial charge is 0.0801 e. The fourth-order valence-corrected chi connectivity index (χ4v) is 0.927. The molecule has 0 aromatic carbocycles. The van der Waals surface area contributed by atoms with Gasteiger partial charge in [-0.1, -0.05) is 0 Å². The third-order valence-electron chi connectivity index (χ3n) is 1.52. The van der Waals surface area contributed by atoms with Gasteiger partial charge in [-0.2, -0.15) is 0 Å². The number of rotatable bonds is 0. The molecule has 1 rings (SSSR count). The molecule has 0 aromatic rings. The van der Waals surface area contributed by atoms with E-state index >= 15 is 0 Å². The molecule has 2 nitrogen and oxygen atoms in total. The molecule has 1 saturated carbocycles. The summed E-state index contributed by atoms with van der Waals surface area (Å²) < 4.78 is 0. The molecule has 0 heterocycles. The Morgan fingerprint density at radius 1 is 1.25 bits per heavy atom. The minimum Gasteiger partial charge on any atom is -0.390 e. The Kier molecular flexibility index (Phi) is 1.86. The van der Waals surface area contributed by atoms with Gasteiger partial charge in [0.2, 0.25) is 0 Å². The first-order valence-corrected chi connectivity index (χ1v) is 2.98. The molecule has 1 radical (unpaired) electrons. The Hall–Kier alpha value is -0.0800. The van der Waals surface area contributed by atoms with Gasteiger partial charge in [0.15, 0.2) is 0 Å². The molecule has 47 valence electrons. The number of hydrogen-bond acceptors (Lipinski definition) is 2. The first-order chi connectivity index (χ1) is 3.80. The summed E-state index contributed by atoms with van der Waals surface area (Å²) in [7, 11) is 0. The monoisotopic (exact) mass is 115 g/mol. The van der Waals surface area contributed by atoms with Crippen molar-refractivity contribution in [3.8, 4) is 0 Å². The SMILES string of the molecule is OC1C[CH]CCC1O. The topological polar surface area (TPSA) is 40.5 Å². The van der Waals surface area contributed by atoms with E-state index in [1.807, 2.05) is 6.42 Å². The van der Waals surface area contributed by atoms with Crippen LogP contribution >= 0.6 is 0 Å². The van der Waals surface area contributed by atoms with Crippen LogP contribution in [-0.4, -0.2) is 22.4 Å². The minimum absolute atomic E-state index is 0.472. The van der Waals surface area contributed by atoms with Gasteiger partial charge < -0.3 is 10.2 Å². The van der Waals surface area contributed by atoms with Gasteiger partial charge in [-0.3, -0.25) is 0 Å². The second kappa shape index (κ2) is 2.46. The summed E-state index contributed by atoms with van der Waals surface area (Å²) in [4.78, 5) is 0. The quantitative estimate of drug-likeness (QED) is 0.470. The number of aliphatic hydroxyl groups excluding tert-OH is 2. The van der Waals surface area contributed by atoms with Crippen LogP contribution in [0.4, 0.5) is 0 Å². The van der Waals surface area contributed by atoms with Crippen molar-refractivity contribution in [2.24, 2.45) is 0 Å². The molecule has 0 aromatic heterocycles. The van der Waals surface area contributed by atoms with E-state index in [1.165, 1.54) is 0 Å². The largest absolute Gasteiger partial charge is 0.390 e. The molecule has 0 bridgehead atoms. The van der Waals surface area contributed by atoms with E-state index in [1.54, 1.807) is 0 Å². The van der Waals surface area contributed by atoms with Gasteiger partial charge in [0.05, 0.1) is 12.2 Å². The first-order valence-electron chi connectivity index (χ1n) is 2.98. The van der Waals surface area contributed by atoms with Gasteiger partial charge in [-0.05, 0) is 25.7 Å². The summed E-state index contributed by atoms with van der Waals surface area (Å²) in [6.07, 6.45) is 3.36. The molecule has 0 spiro atoms. The molecule has 0 saturated heterocycles. The number of hydrogen-bond donors (Lipinski definition) is 2. The highest BCUT2D eigenvalue weighted by Crippen LogP contribution is 2.16. The fourth-order valence-electron chi connectivity index (χ4n) is 0.927. The van der Waals surface area contributed by atoms with Gasteiger partial charge >= 0.3 is 0 Å². The maximum absolute atomic E-state index is 8.91. The van der Waals surface area contributed by atoms with Crippen molar-refractivity contribution >= 4 is 0 Å². The summed E-state index contributed by atoms with van der Waals surface area (Å²) in [5, 5.41) is 17.8. The van der Waals surface area contributed by atoms with Crippen molar-refractivity contribution in [3.63, 3.8) is 0 Å². The lowest BCUT2D eigenvalue weighted by Crippen LogP contribution is -2.29. The molecule has 2 unspecified atom stereocenters. The van der Waals surface area contributed by atoms with Crippen molar-refractivity contribution in [1.29, 1.82) is 0 Å². The molecule has 1 aliphatic carbocycles. The van der Waals surface area contributed by atoms with Gasteiger partial charge in [0.25, 0.3) is 0 Å². The molecule has 0 aliphatic heterocycles. The minimum atomic E-state index is -0.497. The zero-order valence-corrected chi connectivity index (χ0v) is 4.75. The van der Waals surface area contributed by atoms with Crippen LogP contribution < -0.4 is 0 Å². The first kappa shape index (κ1) is 6.05. The molecular weight excluding hydrogens is 104 g/mol. The Morgan fingerprint density at radius 3 is 2.38 bits per heavy atom. The van der Waals surface area contributed by atoms with E-state index in [-0.39, 0.29) is 0 Å². The highest BCUT2D eigenvalue weighted by molar-refractivity contribution is 4.82. The summed E-state index contributed by atoms with van der Waals surface area (Å²) in [6, 6.07) is 0. The van der Waals surface area contributed by atoms with Gasteiger partial charge in [-0.25, -0.2) is 0 Å². The van der Waals surface area contributed by atoms with Crippen LogP contribution in [0, 0.1) is 6.42 Å². The van der Waals surface area contributed by atoms with Crippen molar-refractivity contribution < 1.29 is 10.2 Å². The molecule has 1 fully saturated rings. The zero-order chi connectivity index (χ0) is 5.98. The van der Waals surface area contributed by atoms with Crippen molar-refractivity contribution in [1.82, 2.24) is 0 Å². The molecule has 8 heavy (non-hydrogen) atoms. The summed E-state index contributed by atoms with van der Waals surface area (Å²) in [5.41, 5.74) is 0. The van der Waals surface area contributed by atoms with E-state index in [2.05, 4.69) is 0 Å². The third-order valence-corrected chi connectivity index (χ3v) is 1.52. The lowest BCUT2D eigenvalue weighted by molar-refractivity contribution is 0.00292. The summed E-state index contributed by atoms with van der Waals surface area (Å²) in [6.45, 7) is 0. The predicted molar refractivity (Wildman–Crippen MR) is 30.2 cm³/mol. The van der Waals surface area contributed by atoms with E-state index < -0.39 is 12.2 Å². The molecule has 1 aliphatic rings. The van der Waals surface area contributed by atoms with Crippen molar-refractivity contribution in [2.75, 3.05) is 0 Å². The molecule has 2 heteroatoms. The molecule has 0 amide bonds. The molecule has 2 N–H and O–H groups in total. The van der Waals surface area contributed by atoms with Crippen LogP contribution in [0.1, 0.15) is 19.3 Å². The van der Waals surface area contributed by atoms with Crippen LogP contribution in [0.3, 0.4) is 0 Å². The van der Waals surface area contributed by atoms with E-state index in [4.69, 9.17) is 10.2 Å². The highest BCUT2D eigenvalue weighted by Gasteiger charge is 2.19. The molecule has 2 atom stereocenters. The van der Waals surface area contributed by atoms with Crippen LogP contribution in [0.15, 0.2) is 0 Å². The normalized spacial score (nSPS) is 39.8. The molecular formula is C6H11O2. The van der Waals surface area contributed by atoms with Crippen LogP contribution in [0.5, 0.6) is 0 Å². The van der Waals surface area contributed by atoms with Gasteiger partial charge in [0.1, 0.15) is 0 Å². The zero-order valence-electron chi connectivity index (χ0n) is 4.75. The predicted octanol–water partition coefficient (Wildman–Crippen LogP) is 0.0964. The highest BCUT2D eigenvalue weighted by atomic mass is 16.3. The number of aliphatic hydroxyl groups is 2. The lowest BCUT2D eigenvalue weighted by atomic mass is 9.95.